The first kappa shape index (κ1) is 21.0. The summed E-state index contributed by atoms with van der Waals surface area (Å²) in [5.74, 6) is -0.537. The molecule has 1 aliphatic heterocycles. The number of hydrogen-bond acceptors (Lipinski definition) is 3. The SMILES string of the molecule is Cc1ccc(NC(=O)[C@H](C)N2CCC(NC(=O)c3ccccc3C)CC2)cc1F. The van der Waals surface area contributed by atoms with Gasteiger partial charge >= 0.3 is 0 Å². The van der Waals surface area contributed by atoms with Crippen LogP contribution in [0.25, 0.3) is 0 Å². The number of anilines is 1. The van der Waals surface area contributed by atoms with E-state index < -0.39 is 0 Å². The van der Waals surface area contributed by atoms with E-state index in [0.717, 1.165) is 31.5 Å². The van der Waals surface area contributed by atoms with Crippen molar-refractivity contribution in [2.24, 2.45) is 0 Å². The van der Waals surface area contributed by atoms with Gasteiger partial charge in [-0.1, -0.05) is 24.3 Å². The van der Waals surface area contributed by atoms with Crippen LogP contribution in [0.15, 0.2) is 42.5 Å². The summed E-state index contributed by atoms with van der Waals surface area (Å²) in [6.45, 7) is 6.90. The Hall–Kier alpha value is -2.73. The predicted molar refractivity (Wildman–Crippen MR) is 112 cm³/mol. The second-order valence-corrected chi connectivity index (χ2v) is 7.73. The smallest absolute Gasteiger partial charge is 0.251 e. The summed E-state index contributed by atoms with van der Waals surface area (Å²) in [7, 11) is 0. The van der Waals surface area contributed by atoms with Crippen molar-refractivity contribution in [2.75, 3.05) is 18.4 Å². The number of carbonyl (C=O) groups is 2. The summed E-state index contributed by atoms with van der Waals surface area (Å²) in [5.41, 5.74) is 2.67. The molecule has 29 heavy (non-hydrogen) atoms. The van der Waals surface area contributed by atoms with E-state index in [-0.39, 0.29) is 29.7 Å². The van der Waals surface area contributed by atoms with Crippen LogP contribution in [0.5, 0.6) is 0 Å². The molecule has 1 fully saturated rings. The van der Waals surface area contributed by atoms with E-state index >= 15 is 0 Å². The molecule has 0 unspecified atom stereocenters. The Morgan fingerprint density at radius 1 is 1.07 bits per heavy atom. The zero-order chi connectivity index (χ0) is 21.0. The molecule has 0 radical (unpaired) electrons. The van der Waals surface area contributed by atoms with E-state index in [1.807, 2.05) is 38.1 Å². The van der Waals surface area contributed by atoms with Gasteiger partial charge in [0.25, 0.3) is 5.91 Å². The number of nitrogens with one attached hydrogen (secondary N) is 2. The Kier molecular flexibility index (Phi) is 6.64. The summed E-state index contributed by atoms with van der Waals surface area (Å²) in [5, 5.41) is 5.90. The first-order chi connectivity index (χ1) is 13.8. The van der Waals surface area contributed by atoms with E-state index in [1.54, 1.807) is 19.1 Å². The van der Waals surface area contributed by atoms with Gasteiger partial charge in [0, 0.05) is 30.4 Å². The van der Waals surface area contributed by atoms with Gasteiger partial charge in [-0.05, 0) is 62.9 Å². The molecule has 1 aliphatic rings. The van der Waals surface area contributed by atoms with Crippen LogP contribution in [0.3, 0.4) is 0 Å². The number of nitrogens with zero attached hydrogens (tertiary/aromatic N) is 1. The van der Waals surface area contributed by atoms with Gasteiger partial charge in [-0.25, -0.2) is 4.39 Å². The number of hydrogen-bond donors (Lipinski definition) is 2. The maximum absolute atomic E-state index is 13.7. The second-order valence-electron chi connectivity index (χ2n) is 7.73. The number of rotatable bonds is 5. The standard InChI is InChI=1S/C23H28FN3O2/c1-15-6-4-5-7-20(15)23(29)25-18-10-12-27(13-11-18)17(3)22(28)26-19-9-8-16(2)21(24)14-19/h4-9,14,17-18H,10-13H2,1-3H3,(H,25,29)(H,26,28)/t17-/m0/s1. The number of halogens is 1. The van der Waals surface area contributed by atoms with Crippen LogP contribution in [-0.4, -0.2) is 41.9 Å². The molecule has 154 valence electrons. The monoisotopic (exact) mass is 397 g/mol. The van der Waals surface area contributed by atoms with Crippen molar-refractivity contribution in [2.45, 2.75) is 45.7 Å². The van der Waals surface area contributed by atoms with E-state index in [0.29, 0.717) is 16.8 Å². The van der Waals surface area contributed by atoms with E-state index in [9.17, 15) is 14.0 Å². The number of benzene rings is 2. The van der Waals surface area contributed by atoms with Crippen molar-refractivity contribution in [3.8, 4) is 0 Å². The lowest BCUT2D eigenvalue weighted by Gasteiger charge is -2.35. The summed E-state index contributed by atoms with van der Waals surface area (Å²) in [6, 6.07) is 12.0. The van der Waals surface area contributed by atoms with Crippen LogP contribution < -0.4 is 10.6 Å². The summed E-state index contributed by atoms with van der Waals surface area (Å²) in [4.78, 5) is 27.1. The Labute approximate surface area is 171 Å². The first-order valence-electron chi connectivity index (χ1n) is 10.0. The summed E-state index contributed by atoms with van der Waals surface area (Å²) < 4.78 is 13.7. The number of piperidine rings is 1. The molecule has 0 bridgehead atoms. The minimum absolute atomic E-state index is 0.0475. The largest absolute Gasteiger partial charge is 0.349 e. The van der Waals surface area contributed by atoms with E-state index in [2.05, 4.69) is 15.5 Å². The van der Waals surface area contributed by atoms with Gasteiger partial charge in [0.05, 0.1) is 6.04 Å². The van der Waals surface area contributed by atoms with Gasteiger partial charge in [0.15, 0.2) is 0 Å². The average molecular weight is 397 g/mol. The molecule has 5 nitrogen and oxygen atoms in total. The van der Waals surface area contributed by atoms with E-state index in [4.69, 9.17) is 0 Å². The van der Waals surface area contributed by atoms with Gasteiger partial charge in [-0.3, -0.25) is 14.5 Å². The van der Waals surface area contributed by atoms with Crippen LogP contribution in [0.4, 0.5) is 10.1 Å². The minimum atomic E-state index is -0.333. The van der Waals surface area contributed by atoms with Crippen molar-refractivity contribution in [1.29, 1.82) is 0 Å². The highest BCUT2D eigenvalue weighted by atomic mass is 19.1. The fourth-order valence-electron chi connectivity index (χ4n) is 3.61. The van der Waals surface area contributed by atoms with Gasteiger partial charge in [-0.2, -0.15) is 0 Å². The molecule has 0 aliphatic carbocycles. The molecule has 2 amide bonds. The van der Waals surface area contributed by atoms with Crippen LogP contribution in [-0.2, 0) is 4.79 Å². The van der Waals surface area contributed by atoms with Crippen molar-refractivity contribution in [1.82, 2.24) is 10.2 Å². The molecular formula is C23H28FN3O2. The quantitative estimate of drug-likeness (QED) is 0.809. The molecule has 6 heteroatoms. The lowest BCUT2D eigenvalue weighted by Crippen LogP contribution is -2.50. The van der Waals surface area contributed by atoms with Gasteiger partial charge in [0.2, 0.25) is 5.91 Å². The second kappa shape index (κ2) is 9.18. The zero-order valence-electron chi connectivity index (χ0n) is 17.2. The highest BCUT2D eigenvalue weighted by molar-refractivity contribution is 5.96. The molecule has 0 aromatic heterocycles. The van der Waals surface area contributed by atoms with Gasteiger partial charge < -0.3 is 10.6 Å². The molecule has 2 aromatic carbocycles. The molecule has 2 N–H and O–H groups in total. The van der Waals surface area contributed by atoms with Crippen molar-refractivity contribution < 1.29 is 14.0 Å². The number of likely N-dealkylation sites (tertiary alicyclic amines) is 1. The fourth-order valence-corrected chi connectivity index (χ4v) is 3.61. The Balaban J connectivity index is 1.50. The van der Waals surface area contributed by atoms with Gasteiger partial charge in [0.1, 0.15) is 5.82 Å². The zero-order valence-corrected chi connectivity index (χ0v) is 17.2. The lowest BCUT2D eigenvalue weighted by molar-refractivity contribution is -0.121. The third-order valence-corrected chi connectivity index (χ3v) is 5.62. The molecule has 3 rings (SSSR count). The number of aryl methyl sites for hydroxylation is 2. The Morgan fingerprint density at radius 2 is 1.76 bits per heavy atom. The van der Waals surface area contributed by atoms with Crippen LogP contribution in [0, 0.1) is 19.7 Å². The minimum Gasteiger partial charge on any atom is -0.349 e. The maximum Gasteiger partial charge on any atom is 0.251 e. The summed E-state index contributed by atoms with van der Waals surface area (Å²) in [6.07, 6.45) is 1.57. The highest BCUT2D eigenvalue weighted by Gasteiger charge is 2.27. The number of amides is 2. The van der Waals surface area contributed by atoms with Crippen LogP contribution in [0.1, 0.15) is 41.3 Å². The van der Waals surface area contributed by atoms with Crippen molar-refractivity contribution in [3.05, 3.63) is 65.0 Å². The topological polar surface area (TPSA) is 61.4 Å². The predicted octanol–water partition coefficient (Wildman–Crippen LogP) is 3.66. The van der Waals surface area contributed by atoms with Crippen LogP contribution >= 0.6 is 0 Å². The third-order valence-electron chi connectivity index (χ3n) is 5.62. The highest BCUT2D eigenvalue weighted by Crippen LogP contribution is 2.18. The average Bonchev–Trinajstić information content (AvgIpc) is 2.71. The van der Waals surface area contributed by atoms with Crippen molar-refractivity contribution >= 4 is 17.5 Å². The third kappa shape index (κ3) is 5.21. The molecular weight excluding hydrogens is 369 g/mol. The number of carbonyl (C=O) groups excluding carboxylic acids is 2. The Bertz CT molecular complexity index is 891. The fraction of sp³-hybridized carbons (Fsp3) is 0.391. The first-order valence-corrected chi connectivity index (χ1v) is 10.0. The normalized spacial score (nSPS) is 16.3. The van der Waals surface area contributed by atoms with Crippen molar-refractivity contribution in [3.63, 3.8) is 0 Å². The van der Waals surface area contributed by atoms with E-state index in [1.165, 1.54) is 6.07 Å². The molecule has 0 saturated carbocycles. The molecule has 1 atom stereocenters. The molecule has 2 aromatic rings. The lowest BCUT2D eigenvalue weighted by atomic mass is 10.0. The Morgan fingerprint density at radius 3 is 2.41 bits per heavy atom. The van der Waals surface area contributed by atoms with Gasteiger partial charge in [-0.15, -0.1) is 0 Å². The summed E-state index contributed by atoms with van der Waals surface area (Å²) >= 11 is 0. The molecule has 1 heterocycles. The maximum atomic E-state index is 13.7. The molecule has 1 saturated heterocycles. The van der Waals surface area contributed by atoms with Crippen LogP contribution in [0.2, 0.25) is 0 Å². The molecule has 0 spiro atoms.